The molecule has 5 heteroatoms. The number of nitrogens with zero attached hydrogens (tertiary/aromatic N) is 1. The third-order valence-corrected chi connectivity index (χ3v) is 4.06. The maximum Gasteiger partial charge on any atom is 0.140 e. The van der Waals surface area contributed by atoms with Crippen LogP contribution in [-0.2, 0) is 5.75 Å². The number of hydrogen-bond donors (Lipinski definition) is 2. The largest absolute Gasteiger partial charge is 0.308 e. The van der Waals surface area contributed by atoms with Crippen molar-refractivity contribution < 1.29 is 0 Å². The first kappa shape index (κ1) is 13.2. The summed E-state index contributed by atoms with van der Waals surface area (Å²) in [6.07, 6.45) is 0. The van der Waals surface area contributed by atoms with Crippen molar-refractivity contribution in [1.82, 2.24) is 4.98 Å². The molecule has 0 fully saturated rings. The number of nitrogen functional groups attached to an aromatic ring is 1. The minimum atomic E-state index is 0.625. The minimum Gasteiger partial charge on any atom is -0.308 e. The number of anilines is 1. The first-order valence-corrected chi connectivity index (χ1v) is 6.87. The topological polar surface area (TPSA) is 50.9 Å². The second-order valence-corrected chi connectivity index (χ2v) is 5.25. The van der Waals surface area contributed by atoms with E-state index in [4.69, 9.17) is 17.4 Å². The van der Waals surface area contributed by atoms with E-state index >= 15 is 0 Å². The molecule has 94 valence electrons. The van der Waals surface area contributed by atoms with E-state index in [-0.39, 0.29) is 0 Å². The molecule has 0 atom stereocenters. The Morgan fingerprint density at radius 3 is 2.78 bits per heavy atom. The van der Waals surface area contributed by atoms with Gasteiger partial charge in [-0.1, -0.05) is 29.8 Å². The van der Waals surface area contributed by atoms with Crippen LogP contribution in [0.1, 0.15) is 11.3 Å². The van der Waals surface area contributed by atoms with E-state index in [0.29, 0.717) is 10.8 Å². The highest BCUT2D eigenvalue weighted by molar-refractivity contribution is 7.98. The highest BCUT2D eigenvalue weighted by Crippen LogP contribution is 2.28. The lowest BCUT2D eigenvalue weighted by molar-refractivity contribution is 1.14. The zero-order valence-electron chi connectivity index (χ0n) is 9.98. The quantitative estimate of drug-likeness (QED) is 0.510. The second-order valence-electron chi connectivity index (χ2n) is 3.82. The molecule has 2 rings (SSSR count). The van der Waals surface area contributed by atoms with Gasteiger partial charge in [0, 0.05) is 10.6 Å². The molecule has 0 aliphatic rings. The summed E-state index contributed by atoms with van der Waals surface area (Å²) >= 11 is 7.83. The molecule has 1 aromatic heterocycles. The summed E-state index contributed by atoms with van der Waals surface area (Å²) in [6, 6.07) is 11.8. The maximum absolute atomic E-state index is 6.11. The van der Waals surface area contributed by atoms with E-state index in [1.807, 2.05) is 12.1 Å². The van der Waals surface area contributed by atoms with Gasteiger partial charge in [-0.15, -0.1) is 11.8 Å². The molecule has 0 spiro atoms. The fourth-order valence-electron chi connectivity index (χ4n) is 1.53. The highest BCUT2D eigenvalue weighted by Gasteiger charge is 2.05. The second kappa shape index (κ2) is 6.09. The fourth-order valence-corrected chi connectivity index (χ4v) is 2.76. The number of rotatable bonds is 4. The molecule has 0 aliphatic carbocycles. The first-order chi connectivity index (χ1) is 8.70. The van der Waals surface area contributed by atoms with Crippen LogP contribution in [0.15, 0.2) is 41.3 Å². The summed E-state index contributed by atoms with van der Waals surface area (Å²) in [4.78, 5) is 5.58. The van der Waals surface area contributed by atoms with Crippen molar-refractivity contribution in [2.75, 3.05) is 5.43 Å². The number of benzene rings is 1. The zero-order valence-corrected chi connectivity index (χ0v) is 11.6. The fraction of sp³-hybridized carbons (Fsp3) is 0.154. The number of halogens is 1. The normalized spacial score (nSPS) is 10.4. The number of hydrogen-bond acceptors (Lipinski definition) is 4. The van der Waals surface area contributed by atoms with Gasteiger partial charge in [-0.25, -0.2) is 10.8 Å². The van der Waals surface area contributed by atoms with Crippen LogP contribution in [0.2, 0.25) is 5.02 Å². The van der Waals surface area contributed by atoms with Crippen molar-refractivity contribution in [2.45, 2.75) is 17.6 Å². The third kappa shape index (κ3) is 3.16. The van der Waals surface area contributed by atoms with Crippen molar-refractivity contribution >= 4 is 29.2 Å². The smallest absolute Gasteiger partial charge is 0.140 e. The summed E-state index contributed by atoms with van der Waals surface area (Å²) in [5.74, 6) is 6.68. The number of nitrogens with one attached hydrogen (secondary N) is 1. The molecule has 0 aliphatic heterocycles. The first-order valence-electron chi connectivity index (χ1n) is 5.51. The Morgan fingerprint density at radius 2 is 2.06 bits per heavy atom. The molecular weight excluding hydrogens is 266 g/mol. The average molecular weight is 280 g/mol. The minimum absolute atomic E-state index is 0.625. The van der Waals surface area contributed by atoms with Gasteiger partial charge in [-0.3, -0.25) is 0 Å². The maximum atomic E-state index is 6.11. The number of nitrogens with two attached hydrogens (primary N) is 1. The van der Waals surface area contributed by atoms with Gasteiger partial charge in [-0.2, -0.15) is 0 Å². The van der Waals surface area contributed by atoms with Crippen LogP contribution in [0, 0.1) is 6.92 Å². The summed E-state index contributed by atoms with van der Waals surface area (Å²) < 4.78 is 0. The Hall–Kier alpha value is -1.23. The third-order valence-electron chi connectivity index (χ3n) is 2.52. The summed E-state index contributed by atoms with van der Waals surface area (Å²) in [5.41, 5.74) is 4.62. The molecular formula is C13H14ClN3S. The van der Waals surface area contributed by atoms with Crippen LogP contribution >= 0.6 is 23.4 Å². The predicted molar refractivity (Wildman–Crippen MR) is 77.8 cm³/mol. The van der Waals surface area contributed by atoms with Gasteiger partial charge in [0.05, 0.1) is 10.7 Å². The molecule has 1 heterocycles. The summed E-state index contributed by atoms with van der Waals surface area (Å²) in [7, 11) is 0. The zero-order chi connectivity index (χ0) is 13.0. The number of hydrazine groups is 1. The molecule has 1 aromatic carbocycles. The Balaban J connectivity index is 2.13. The summed E-state index contributed by atoms with van der Waals surface area (Å²) in [5, 5.41) is 0.662. The van der Waals surface area contributed by atoms with Crippen LogP contribution in [0.3, 0.4) is 0 Å². The van der Waals surface area contributed by atoms with E-state index in [9.17, 15) is 0 Å². The lowest BCUT2D eigenvalue weighted by atomic mass is 10.2. The molecule has 2 aromatic rings. The van der Waals surface area contributed by atoms with Crippen molar-refractivity contribution in [2.24, 2.45) is 5.84 Å². The van der Waals surface area contributed by atoms with E-state index in [2.05, 4.69) is 29.5 Å². The van der Waals surface area contributed by atoms with Crippen LogP contribution < -0.4 is 11.3 Å². The molecule has 0 radical (unpaired) electrons. The Kier molecular flexibility index (Phi) is 4.47. The van der Waals surface area contributed by atoms with Crippen LogP contribution in [0.25, 0.3) is 0 Å². The molecule has 18 heavy (non-hydrogen) atoms. The highest BCUT2D eigenvalue weighted by atomic mass is 35.5. The Bertz CT molecular complexity index is 546. The predicted octanol–water partition coefficient (Wildman–Crippen LogP) is 3.62. The van der Waals surface area contributed by atoms with Crippen molar-refractivity contribution in [3.63, 3.8) is 0 Å². The van der Waals surface area contributed by atoms with Crippen LogP contribution in [0.5, 0.6) is 0 Å². The molecule has 3 nitrogen and oxygen atoms in total. The van der Waals surface area contributed by atoms with Gasteiger partial charge in [0.1, 0.15) is 5.82 Å². The van der Waals surface area contributed by atoms with Crippen molar-refractivity contribution in [3.05, 3.63) is 52.7 Å². The van der Waals surface area contributed by atoms with Gasteiger partial charge in [-0.05, 0) is 30.7 Å². The molecule has 0 saturated carbocycles. The number of aryl methyl sites for hydroxylation is 1. The van der Waals surface area contributed by atoms with E-state index < -0.39 is 0 Å². The molecule has 0 saturated heterocycles. The number of pyridine rings is 1. The monoisotopic (exact) mass is 279 g/mol. The molecule has 0 bridgehead atoms. The molecule has 3 N–H and O–H groups in total. The van der Waals surface area contributed by atoms with E-state index in [1.165, 1.54) is 10.5 Å². The standard InChI is InChI=1S/C13H14ClN3S/c1-9-4-2-3-5-12(9)18-8-11-10(14)6-7-13(16-11)17-15/h2-7H,8,15H2,1H3,(H,16,17). The van der Waals surface area contributed by atoms with Crippen molar-refractivity contribution in [1.29, 1.82) is 0 Å². The summed E-state index contributed by atoms with van der Waals surface area (Å²) in [6.45, 7) is 2.09. The lowest BCUT2D eigenvalue weighted by Crippen LogP contribution is -2.09. The van der Waals surface area contributed by atoms with Gasteiger partial charge in [0.25, 0.3) is 0 Å². The molecule has 0 amide bonds. The van der Waals surface area contributed by atoms with Gasteiger partial charge >= 0.3 is 0 Å². The Labute approximate surface area is 116 Å². The number of aromatic nitrogens is 1. The van der Waals surface area contributed by atoms with Gasteiger partial charge < -0.3 is 5.43 Å². The van der Waals surface area contributed by atoms with Crippen LogP contribution in [0.4, 0.5) is 5.82 Å². The van der Waals surface area contributed by atoms with Crippen molar-refractivity contribution in [3.8, 4) is 0 Å². The van der Waals surface area contributed by atoms with E-state index in [0.717, 1.165) is 11.4 Å². The molecule has 0 unspecified atom stereocenters. The van der Waals surface area contributed by atoms with E-state index in [1.54, 1.807) is 23.9 Å². The average Bonchev–Trinajstić information content (AvgIpc) is 2.39. The van der Waals surface area contributed by atoms with Gasteiger partial charge in [0.2, 0.25) is 0 Å². The SMILES string of the molecule is Cc1ccccc1SCc1nc(NN)ccc1Cl. The number of thioether (sulfide) groups is 1. The lowest BCUT2D eigenvalue weighted by Gasteiger charge is -2.07. The Morgan fingerprint density at radius 1 is 1.28 bits per heavy atom. The van der Waals surface area contributed by atoms with Crippen LogP contribution in [-0.4, -0.2) is 4.98 Å². The van der Waals surface area contributed by atoms with Gasteiger partial charge in [0.15, 0.2) is 0 Å².